The van der Waals surface area contributed by atoms with Crippen LogP contribution in [0.25, 0.3) is 0 Å². The van der Waals surface area contributed by atoms with E-state index in [2.05, 4.69) is 18.2 Å². The summed E-state index contributed by atoms with van der Waals surface area (Å²) in [5, 5.41) is 0.0973. The molecule has 1 fully saturated rings. The topological polar surface area (TPSA) is 18.5 Å². The minimum atomic E-state index is 0.0973. The summed E-state index contributed by atoms with van der Waals surface area (Å²) >= 11 is 6.49. The number of fused-ring (bicyclic) bond motifs is 1. The largest absolute Gasteiger partial charge is 0.378 e. The Bertz CT molecular complexity index is 413. The molecule has 2 heterocycles. The average Bonchev–Trinajstić information content (AvgIpc) is 3.05. The molecule has 0 spiro atoms. The molecule has 98 valence electrons. The van der Waals surface area contributed by atoms with E-state index in [1.54, 1.807) is 0 Å². The van der Waals surface area contributed by atoms with Crippen LogP contribution in [0.1, 0.15) is 47.8 Å². The minimum Gasteiger partial charge on any atom is -0.378 e. The number of hydrogen-bond donors (Lipinski definition) is 0. The van der Waals surface area contributed by atoms with Crippen LogP contribution in [0.5, 0.6) is 0 Å². The van der Waals surface area contributed by atoms with Crippen LogP contribution in [0.2, 0.25) is 0 Å². The summed E-state index contributed by atoms with van der Waals surface area (Å²) in [5.74, 6) is 0. The lowest BCUT2D eigenvalue weighted by molar-refractivity contribution is 0.102. The van der Waals surface area contributed by atoms with Gasteiger partial charge in [0.1, 0.15) is 0 Å². The molecule has 0 N–H and O–H groups in total. The second-order valence-electron chi connectivity index (χ2n) is 5.20. The SMILES string of the molecule is ClC(CCC1CCCO1)c1ccc2c(c1)COC2. The quantitative estimate of drug-likeness (QED) is 0.768. The van der Waals surface area contributed by atoms with Gasteiger partial charge in [0.05, 0.1) is 24.7 Å². The van der Waals surface area contributed by atoms with Crippen molar-refractivity contribution < 1.29 is 9.47 Å². The summed E-state index contributed by atoms with van der Waals surface area (Å²) < 4.78 is 11.1. The standard InChI is InChI=1S/C15H19ClO2/c16-15(6-5-14-2-1-7-18-14)11-3-4-12-9-17-10-13(12)8-11/h3-4,8,14-15H,1-2,5-7,9-10H2. The summed E-state index contributed by atoms with van der Waals surface area (Å²) in [7, 11) is 0. The number of benzene rings is 1. The molecule has 2 unspecified atom stereocenters. The Morgan fingerprint density at radius 1 is 1.28 bits per heavy atom. The Labute approximate surface area is 113 Å². The smallest absolute Gasteiger partial charge is 0.0725 e. The fourth-order valence-corrected chi connectivity index (χ4v) is 3.02. The molecule has 3 rings (SSSR count). The molecule has 0 saturated carbocycles. The van der Waals surface area contributed by atoms with E-state index in [-0.39, 0.29) is 5.38 Å². The first-order chi connectivity index (χ1) is 8.83. The summed E-state index contributed by atoms with van der Waals surface area (Å²) in [6.07, 6.45) is 4.90. The van der Waals surface area contributed by atoms with Gasteiger partial charge in [-0.05, 0) is 42.4 Å². The van der Waals surface area contributed by atoms with Crippen LogP contribution >= 0.6 is 11.6 Å². The van der Waals surface area contributed by atoms with Crippen molar-refractivity contribution in [2.75, 3.05) is 6.61 Å². The van der Waals surface area contributed by atoms with Crippen LogP contribution in [0.4, 0.5) is 0 Å². The highest BCUT2D eigenvalue weighted by atomic mass is 35.5. The molecule has 1 aromatic rings. The van der Waals surface area contributed by atoms with Gasteiger partial charge in [0.2, 0.25) is 0 Å². The lowest BCUT2D eigenvalue weighted by Crippen LogP contribution is -2.06. The van der Waals surface area contributed by atoms with Gasteiger partial charge in [0, 0.05) is 6.61 Å². The van der Waals surface area contributed by atoms with E-state index < -0.39 is 0 Å². The number of ether oxygens (including phenoxy) is 2. The summed E-state index contributed by atoms with van der Waals surface area (Å²) in [5.41, 5.74) is 3.83. The second-order valence-corrected chi connectivity index (χ2v) is 5.73. The van der Waals surface area contributed by atoms with Gasteiger partial charge in [-0.25, -0.2) is 0 Å². The Balaban J connectivity index is 1.59. The van der Waals surface area contributed by atoms with Crippen molar-refractivity contribution in [1.29, 1.82) is 0 Å². The van der Waals surface area contributed by atoms with E-state index in [0.29, 0.717) is 6.10 Å². The van der Waals surface area contributed by atoms with Crippen molar-refractivity contribution in [3.63, 3.8) is 0 Å². The van der Waals surface area contributed by atoms with Gasteiger partial charge >= 0.3 is 0 Å². The molecule has 18 heavy (non-hydrogen) atoms. The molecule has 2 aliphatic rings. The Morgan fingerprint density at radius 3 is 3.00 bits per heavy atom. The van der Waals surface area contributed by atoms with Gasteiger partial charge in [0.15, 0.2) is 0 Å². The van der Waals surface area contributed by atoms with Crippen LogP contribution < -0.4 is 0 Å². The highest BCUT2D eigenvalue weighted by Crippen LogP contribution is 2.31. The molecule has 2 nitrogen and oxygen atoms in total. The first-order valence-electron chi connectivity index (χ1n) is 6.78. The van der Waals surface area contributed by atoms with Crippen molar-refractivity contribution in [1.82, 2.24) is 0 Å². The van der Waals surface area contributed by atoms with E-state index in [0.717, 1.165) is 32.7 Å². The predicted octanol–water partition coefficient (Wildman–Crippen LogP) is 3.96. The van der Waals surface area contributed by atoms with E-state index in [4.69, 9.17) is 21.1 Å². The Kier molecular flexibility index (Phi) is 3.88. The molecule has 2 atom stereocenters. The summed E-state index contributed by atoms with van der Waals surface area (Å²) in [6.45, 7) is 2.41. The highest BCUT2D eigenvalue weighted by Gasteiger charge is 2.19. The first kappa shape index (κ1) is 12.5. The number of alkyl halides is 1. The lowest BCUT2D eigenvalue weighted by atomic mass is 10.0. The molecular weight excluding hydrogens is 248 g/mol. The third-order valence-corrected chi connectivity index (χ3v) is 4.34. The fraction of sp³-hybridized carbons (Fsp3) is 0.600. The molecule has 3 heteroatoms. The van der Waals surface area contributed by atoms with Gasteiger partial charge in [-0.2, -0.15) is 0 Å². The number of rotatable bonds is 4. The zero-order valence-electron chi connectivity index (χ0n) is 10.5. The molecule has 0 aliphatic carbocycles. The minimum absolute atomic E-state index is 0.0973. The average molecular weight is 267 g/mol. The van der Waals surface area contributed by atoms with Crippen molar-refractivity contribution in [2.45, 2.75) is 50.4 Å². The normalized spacial score (nSPS) is 24.2. The zero-order chi connectivity index (χ0) is 12.4. The second kappa shape index (κ2) is 5.60. The molecule has 1 saturated heterocycles. The van der Waals surface area contributed by atoms with E-state index in [1.165, 1.54) is 29.5 Å². The number of halogens is 1. The maximum Gasteiger partial charge on any atom is 0.0725 e. The van der Waals surface area contributed by atoms with Crippen molar-refractivity contribution in [2.24, 2.45) is 0 Å². The molecular formula is C15H19ClO2. The van der Waals surface area contributed by atoms with Crippen molar-refractivity contribution >= 4 is 11.6 Å². The van der Waals surface area contributed by atoms with E-state index in [9.17, 15) is 0 Å². The molecule has 1 aromatic carbocycles. The van der Waals surface area contributed by atoms with Crippen LogP contribution in [-0.4, -0.2) is 12.7 Å². The lowest BCUT2D eigenvalue weighted by Gasteiger charge is -2.14. The van der Waals surface area contributed by atoms with Gasteiger partial charge in [-0.3, -0.25) is 0 Å². The Morgan fingerprint density at radius 2 is 2.17 bits per heavy atom. The van der Waals surface area contributed by atoms with Crippen LogP contribution in [0, 0.1) is 0 Å². The van der Waals surface area contributed by atoms with E-state index >= 15 is 0 Å². The maximum absolute atomic E-state index is 6.49. The van der Waals surface area contributed by atoms with Crippen LogP contribution in [-0.2, 0) is 22.7 Å². The van der Waals surface area contributed by atoms with Gasteiger partial charge < -0.3 is 9.47 Å². The van der Waals surface area contributed by atoms with Crippen molar-refractivity contribution in [3.05, 3.63) is 34.9 Å². The number of hydrogen-bond acceptors (Lipinski definition) is 2. The van der Waals surface area contributed by atoms with E-state index in [1.807, 2.05) is 0 Å². The van der Waals surface area contributed by atoms with Crippen molar-refractivity contribution in [3.8, 4) is 0 Å². The Hall–Kier alpha value is -0.570. The fourth-order valence-electron chi connectivity index (χ4n) is 2.76. The third-order valence-electron chi connectivity index (χ3n) is 3.87. The molecule has 0 radical (unpaired) electrons. The van der Waals surface area contributed by atoms with Gasteiger partial charge in [-0.15, -0.1) is 11.6 Å². The summed E-state index contributed by atoms with van der Waals surface area (Å²) in [6, 6.07) is 6.50. The highest BCUT2D eigenvalue weighted by molar-refractivity contribution is 6.20. The van der Waals surface area contributed by atoms with Crippen LogP contribution in [0.15, 0.2) is 18.2 Å². The first-order valence-corrected chi connectivity index (χ1v) is 7.21. The molecule has 2 aliphatic heterocycles. The zero-order valence-corrected chi connectivity index (χ0v) is 11.3. The third kappa shape index (κ3) is 2.71. The molecule has 0 aromatic heterocycles. The van der Waals surface area contributed by atoms with Gasteiger partial charge in [0.25, 0.3) is 0 Å². The van der Waals surface area contributed by atoms with Gasteiger partial charge in [-0.1, -0.05) is 18.2 Å². The molecule has 0 amide bonds. The monoisotopic (exact) mass is 266 g/mol. The summed E-state index contributed by atoms with van der Waals surface area (Å²) in [4.78, 5) is 0. The predicted molar refractivity (Wildman–Crippen MR) is 71.7 cm³/mol. The van der Waals surface area contributed by atoms with Crippen LogP contribution in [0.3, 0.4) is 0 Å². The molecule has 0 bridgehead atoms. The maximum atomic E-state index is 6.49.